The van der Waals surface area contributed by atoms with Crippen LogP contribution in [0.15, 0.2) is 0 Å². The first kappa shape index (κ1) is 14.9. The number of rotatable bonds is 5. The predicted molar refractivity (Wildman–Crippen MR) is 73.2 cm³/mol. The normalized spacial score (nSPS) is 26.8. The Morgan fingerprint density at radius 1 is 1.35 bits per heavy atom. The first-order chi connectivity index (χ1) is 8.00. The molecule has 2 atom stereocenters. The van der Waals surface area contributed by atoms with Crippen LogP contribution in [-0.2, 0) is 0 Å². The van der Waals surface area contributed by atoms with Crippen LogP contribution in [0.5, 0.6) is 0 Å². The van der Waals surface area contributed by atoms with Crippen LogP contribution in [0.1, 0.15) is 40.0 Å². The fourth-order valence-corrected chi connectivity index (χ4v) is 2.71. The Morgan fingerprint density at radius 3 is 2.59 bits per heavy atom. The molecule has 1 aliphatic rings. The highest BCUT2D eigenvalue weighted by Gasteiger charge is 2.26. The van der Waals surface area contributed by atoms with Crippen LogP contribution in [0.2, 0.25) is 0 Å². The summed E-state index contributed by atoms with van der Waals surface area (Å²) >= 11 is 0. The smallest absolute Gasteiger partial charge is 0.0623 e. The highest BCUT2D eigenvalue weighted by molar-refractivity contribution is 4.86. The molecule has 1 fully saturated rings. The monoisotopic (exact) mass is 242 g/mol. The zero-order valence-electron chi connectivity index (χ0n) is 12.0. The zero-order chi connectivity index (χ0) is 12.9. The standard InChI is InChI=1S/C14H30N2O/c1-12(2)13-6-5-8-16(9-7-13)10-14(3,11-17)15-4/h12-13,15,17H,5-11H2,1-4H3. The van der Waals surface area contributed by atoms with Gasteiger partial charge in [0, 0.05) is 6.54 Å². The first-order valence-corrected chi connectivity index (χ1v) is 7.03. The van der Waals surface area contributed by atoms with E-state index in [-0.39, 0.29) is 12.1 Å². The largest absolute Gasteiger partial charge is 0.394 e. The lowest BCUT2D eigenvalue weighted by molar-refractivity contribution is 0.126. The summed E-state index contributed by atoms with van der Waals surface area (Å²) in [6, 6.07) is 0. The van der Waals surface area contributed by atoms with Crippen LogP contribution >= 0.6 is 0 Å². The van der Waals surface area contributed by atoms with E-state index >= 15 is 0 Å². The number of hydrogen-bond acceptors (Lipinski definition) is 3. The molecule has 1 heterocycles. The Hall–Kier alpha value is -0.120. The Morgan fingerprint density at radius 2 is 2.06 bits per heavy atom. The Kier molecular flexibility index (Phi) is 5.90. The van der Waals surface area contributed by atoms with Gasteiger partial charge in [-0.1, -0.05) is 13.8 Å². The second-order valence-electron chi connectivity index (χ2n) is 6.18. The molecule has 17 heavy (non-hydrogen) atoms. The van der Waals surface area contributed by atoms with Crippen molar-refractivity contribution in [3.63, 3.8) is 0 Å². The van der Waals surface area contributed by atoms with Crippen molar-refractivity contribution in [2.75, 3.05) is 33.3 Å². The van der Waals surface area contributed by atoms with Crippen LogP contribution in [0.3, 0.4) is 0 Å². The molecule has 2 N–H and O–H groups in total. The summed E-state index contributed by atoms with van der Waals surface area (Å²) in [6.07, 6.45) is 3.97. The van der Waals surface area contributed by atoms with E-state index in [1.807, 2.05) is 7.05 Å². The number of likely N-dealkylation sites (tertiary alicyclic amines) is 1. The second-order valence-corrected chi connectivity index (χ2v) is 6.18. The Balaban J connectivity index is 2.46. The average Bonchev–Trinajstić information content (AvgIpc) is 2.54. The number of likely N-dealkylation sites (N-methyl/N-ethyl adjacent to an activating group) is 1. The van der Waals surface area contributed by atoms with Gasteiger partial charge in [-0.2, -0.15) is 0 Å². The molecule has 3 heteroatoms. The summed E-state index contributed by atoms with van der Waals surface area (Å²) < 4.78 is 0. The van der Waals surface area contributed by atoms with E-state index in [0.717, 1.165) is 18.4 Å². The molecule has 0 bridgehead atoms. The highest BCUT2D eigenvalue weighted by Crippen LogP contribution is 2.25. The lowest BCUT2D eigenvalue weighted by Crippen LogP contribution is -2.52. The van der Waals surface area contributed by atoms with Crippen LogP contribution in [0.25, 0.3) is 0 Å². The second kappa shape index (κ2) is 6.72. The molecule has 0 aliphatic carbocycles. The summed E-state index contributed by atoms with van der Waals surface area (Å²) in [6.45, 7) is 10.3. The molecule has 0 aromatic heterocycles. The molecule has 1 saturated heterocycles. The van der Waals surface area contributed by atoms with Gasteiger partial charge < -0.3 is 15.3 Å². The van der Waals surface area contributed by atoms with Crippen LogP contribution in [-0.4, -0.2) is 48.8 Å². The Bertz CT molecular complexity index is 214. The molecule has 0 amide bonds. The molecule has 0 aromatic rings. The van der Waals surface area contributed by atoms with E-state index in [4.69, 9.17) is 0 Å². The topological polar surface area (TPSA) is 35.5 Å². The van der Waals surface area contributed by atoms with Gasteiger partial charge in [0.05, 0.1) is 12.1 Å². The first-order valence-electron chi connectivity index (χ1n) is 7.03. The maximum atomic E-state index is 9.44. The van der Waals surface area contributed by atoms with Gasteiger partial charge in [-0.15, -0.1) is 0 Å². The van der Waals surface area contributed by atoms with Crippen LogP contribution in [0.4, 0.5) is 0 Å². The number of nitrogens with one attached hydrogen (secondary N) is 1. The lowest BCUT2D eigenvalue weighted by atomic mass is 9.89. The fourth-order valence-electron chi connectivity index (χ4n) is 2.71. The summed E-state index contributed by atoms with van der Waals surface area (Å²) in [4.78, 5) is 2.51. The van der Waals surface area contributed by atoms with Crippen molar-refractivity contribution in [1.29, 1.82) is 0 Å². The van der Waals surface area contributed by atoms with Crippen molar-refractivity contribution in [3.8, 4) is 0 Å². The SMILES string of the molecule is CNC(C)(CO)CN1CCCC(C(C)C)CC1. The van der Waals surface area contributed by atoms with E-state index in [2.05, 4.69) is 31.0 Å². The molecule has 1 rings (SSSR count). The van der Waals surface area contributed by atoms with Crippen molar-refractivity contribution in [3.05, 3.63) is 0 Å². The maximum Gasteiger partial charge on any atom is 0.0623 e. The molecule has 1 aliphatic heterocycles. The van der Waals surface area contributed by atoms with Gasteiger partial charge in [-0.05, 0) is 58.2 Å². The average molecular weight is 242 g/mol. The van der Waals surface area contributed by atoms with Crippen LogP contribution in [0, 0.1) is 11.8 Å². The third-order valence-corrected chi connectivity index (χ3v) is 4.33. The van der Waals surface area contributed by atoms with E-state index in [9.17, 15) is 5.11 Å². The predicted octanol–water partition coefficient (Wildman–Crippen LogP) is 1.71. The third kappa shape index (κ3) is 4.57. The molecule has 3 nitrogen and oxygen atoms in total. The molecular weight excluding hydrogens is 212 g/mol. The van der Waals surface area contributed by atoms with Gasteiger partial charge in [0.15, 0.2) is 0 Å². The van der Waals surface area contributed by atoms with Gasteiger partial charge in [0.1, 0.15) is 0 Å². The number of aliphatic hydroxyl groups excluding tert-OH is 1. The van der Waals surface area contributed by atoms with E-state index in [0.29, 0.717) is 0 Å². The maximum absolute atomic E-state index is 9.44. The summed E-state index contributed by atoms with van der Waals surface area (Å²) in [7, 11) is 1.94. The summed E-state index contributed by atoms with van der Waals surface area (Å²) in [5.41, 5.74) is -0.155. The van der Waals surface area contributed by atoms with Gasteiger partial charge in [-0.3, -0.25) is 0 Å². The Labute approximate surface area is 107 Å². The minimum atomic E-state index is -0.155. The molecular formula is C14H30N2O. The van der Waals surface area contributed by atoms with E-state index in [1.54, 1.807) is 0 Å². The van der Waals surface area contributed by atoms with Gasteiger partial charge in [0.2, 0.25) is 0 Å². The molecule has 0 aromatic carbocycles. The number of nitrogens with zero attached hydrogens (tertiary/aromatic N) is 1. The number of hydrogen-bond donors (Lipinski definition) is 2. The van der Waals surface area contributed by atoms with Gasteiger partial charge in [0.25, 0.3) is 0 Å². The molecule has 102 valence electrons. The molecule has 0 saturated carbocycles. The van der Waals surface area contributed by atoms with Crippen LogP contribution < -0.4 is 5.32 Å². The number of aliphatic hydroxyl groups is 1. The zero-order valence-corrected chi connectivity index (χ0v) is 12.0. The molecule has 0 radical (unpaired) electrons. The quantitative estimate of drug-likeness (QED) is 0.770. The summed E-state index contributed by atoms with van der Waals surface area (Å²) in [5.74, 6) is 1.69. The van der Waals surface area contributed by atoms with Gasteiger partial charge >= 0.3 is 0 Å². The van der Waals surface area contributed by atoms with Crippen molar-refractivity contribution >= 4 is 0 Å². The fraction of sp³-hybridized carbons (Fsp3) is 1.00. The lowest BCUT2D eigenvalue weighted by Gasteiger charge is -2.33. The minimum Gasteiger partial charge on any atom is -0.394 e. The third-order valence-electron chi connectivity index (χ3n) is 4.33. The van der Waals surface area contributed by atoms with Crippen molar-refractivity contribution < 1.29 is 5.11 Å². The van der Waals surface area contributed by atoms with Crippen molar-refractivity contribution in [2.24, 2.45) is 11.8 Å². The highest BCUT2D eigenvalue weighted by atomic mass is 16.3. The van der Waals surface area contributed by atoms with E-state index < -0.39 is 0 Å². The van der Waals surface area contributed by atoms with Crippen molar-refractivity contribution in [2.45, 2.75) is 45.6 Å². The van der Waals surface area contributed by atoms with Gasteiger partial charge in [-0.25, -0.2) is 0 Å². The molecule has 2 unspecified atom stereocenters. The molecule has 0 spiro atoms. The minimum absolute atomic E-state index is 0.155. The summed E-state index contributed by atoms with van der Waals surface area (Å²) in [5, 5.41) is 12.7. The van der Waals surface area contributed by atoms with Crippen molar-refractivity contribution in [1.82, 2.24) is 10.2 Å². The van der Waals surface area contributed by atoms with E-state index in [1.165, 1.54) is 32.4 Å².